The van der Waals surface area contributed by atoms with Crippen LogP contribution in [0.5, 0.6) is 5.75 Å². The molecule has 0 unspecified atom stereocenters. The van der Waals surface area contributed by atoms with Gasteiger partial charge in [-0.25, -0.2) is 0 Å². The van der Waals surface area contributed by atoms with Gasteiger partial charge in [-0.2, -0.15) is 0 Å². The number of benzene rings is 1. The topological polar surface area (TPSA) is 40.2 Å². The first-order valence-corrected chi connectivity index (χ1v) is 5.49. The molecule has 3 nitrogen and oxygen atoms in total. The summed E-state index contributed by atoms with van der Waals surface area (Å²) in [6, 6.07) is 6.32. The van der Waals surface area contributed by atoms with E-state index in [0.29, 0.717) is 0 Å². The Morgan fingerprint density at radius 1 is 1.44 bits per heavy atom. The van der Waals surface area contributed by atoms with Gasteiger partial charge in [0.1, 0.15) is 5.75 Å². The van der Waals surface area contributed by atoms with Gasteiger partial charge in [0, 0.05) is 30.2 Å². The Balaban J connectivity index is 2.56. The first-order valence-electron chi connectivity index (χ1n) is 5.49. The van der Waals surface area contributed by atoms with Crippen molar-refractivity contribution in [3.05, 3.63) is 30.0 Å². The lowest BCUT2D eigenvalue weighted by Crippen LogP contribution is -2.17. The summed E-state index contributed by atoms with van der Waals surface area (Å²) in [4.78, 5) is 0. The van der Waals surface area contributed by atoms with Crippen LogP contribution in [0, 0.1) is 0 Å². The quantitative estimate of drug-likeness (QED) is 0.856. The maximum atomic E-state index is 5.85. The molecule has 0 aliphatic rings. The van der Waals surface area contributed by atoms with Crippen LogP contribution >= 0.6 is 0 Å². The van der Waals surface area contributed by atoms with E-state index in [4.69, 9.17) is 10.5 Å². The van der Waals surface area contributed by atoms with Crippen LogP contribution in [0.25, 0.3) is 10.9 Å². The number of hydrogen-bond acceptors (Lipinski definition) is 2. The van der Waals surface area contributed by atoms with Crippen molar-refractivity contribution in [2.24, 2.45) is 12.8 Å². The predicted octanol–water partition coefficient (Wildman–Crippen LogP) is 2.08. The van der Waals surface area contributed by atoms with Crippen LogP contribution in [0.3, 0.4) is 0 Å². The average Bonchev–Trinajstić information content (AvgIpc) is 2.54. The molecule has 16 heavy (non-hydrogen) atoms. The highest BCUT2D eigenvalue weighted by atomic mass is 16.5. The molecule has 0 amide bonds. The van der Waals surface area contributed by atoms with Crippen LogP contribution in [0.4, 0.5) is 0 Å². The van der Waals surface area contributed by atoms with Crippen LogP contribution in [0.2, 0.25) is 0 Å². The molecule has 86 valence electrons. The summed E-state index contributed by atoms with van der Waals surface area (Å²) < 4.78 is 7.38. The van der Waals surface area contributed by atoms with Crippen LogP contribution in [0.15, 0.2) is 24.4 Å². The number of aryl methyl sites for hydroxylation is 1. The summed E-state index contributed by atoms with van der Waals surface area (Å²) in [7, 11) is 3.74. The molecule has 2 N–H and O–H groups in total. The number of methoxy groups -OCH3 is 1. The van der Waals surface area contributed by atoms with Gasteiger partial charge in [-0.1, -0.05) is 0 Å². The summed E-state index contributed by atoms with van der Waals surface area (Å²) >= 11 is 0. The maximum Gasteiger partial charge on any atom is 0.119 e. The fourth-order valence-electron chi connectivity index (χ4n) is 2.09. The van der Waals surface area contributed by atoms with Crippen LogP contribution in [-0.4, -0.2) is 17.7 Å². The number of rotatable bonds is 3. The lowest BCUT2D eigenvalue weighted by atomic mass is 10.1. The van der Waals surface area contributed by atoms with E-state index in [1.165, 1.54) is 16.5 Å². The molecule has 0 radical (unpaired) electrons. The number of nitrogens with two attached hydrogens (primary N) is 1. The summed E-state index contributed by atoms with van der Waals surface area (Å²) in [5.74, 6) is 0.893. The summed E-state index contributed by atoms with van der Waals surface area (Å²) in [5, 5.41) is 1.24. The van der Waals surface area contributed by atoms with E-state index in [0.717, 1.165) is 12.2 Å². The molecule has 0 aliphatic heterocycles. The second kappa shape index (κ2) is 4.18. The smallest absolute Gasteiger partial charge is 0.119 e. The van der Waals surface area contributed by atoms with E-state index in [9.17, 15) is 0 Å². The van der Waals surface area contributed by atoms with Crippen molar-refractivity contribution in [3.63, 3.8) is 0 Å². The Hall–Kier alpha value is -1.48. The van der Waals surface area contributed by atoms with E-state index < -0.39 is 0 Å². The molecule has 1 atom stereocenters. The van der Waals surface area contributed by atoms with Gasteiger partial charge in [0.25, 0.3) is 0 Å². The Labute approximate surface area is 95.8 Å². The molecule has 0 spiro atoms. The van der Waals surface area contributed by atoms with E-state index in [2.05, 4.69) is 29.9 Å². The molecule has 2 aromatic rings. The largest absolute Gasteiger partial charge is 0.497 e. The molecule has 0 saturated carbocycles. The van der Waals surface area contributed by atoms with Gasteiger partial charge < -0.3 is 15.0 Å². The zero-order chi connectivity index (χ0) is 11.7. The second-order valence-corrected chi connectivity index (χ2v) is 4.33. The zero-order valence-corrected chi connectivity index (χ0v) is 10.0. The summed E-state index contributed by atoms with van der Waals surface area (Å²) in [6.07, 6.45) is 3.04. The average molecular weight is 218 g/mol. The number of fused-ring (bicyclic) bond motifs is 1. The predicted molar refractivity (Wildman–Crippen MR) is 66.8 cm³/mol. The lowest BCUT2D eigenvalue weighted by molar-refractivity contribution is 0.415. The van der Waals surface area contributed by atoms with E-state index in [-0.39, 0.29) is 6.04 Å². The third kappa shape index (κ3) is 1.91. The number of hydrogen-bond donors (Lipinski definition) is 1. The fourth-order valence-corrected chi connectivity index (χ4v) is 2.09. The van der Waals surface area contributed by atoms with Gasteiger partial charge in [0.2, 0.25) is 0 Å². The summed E-state index contributed by atoms with van der Waals surface area (Å²) in [5.41, 5.74) is 8.36. The van der Waals surface area contributed by atoms with Crippen molar-refractivity contribution < 1.29 is 4.74 Å². The molecular formula is C13H18N2O. The van der Waals surface area contributed by atoms with Gasteiger partial charge in [0.15, 0.2) is 0 Å². The highest BCUT2D eigenvalue weighted by Gasteiger charge is 2.09. The van der Waals surface area contributed by atoms with E-state index in [1.54, 1.807) is 7.11 Å². The molecule has 1 heterocycles. The number of aromatic nitrogens is 1. The highest BCUT2D eigenvalue weighted by Crippen LogP contribution is 2.26. The van der Waals surface area contributed by atoms with E-state index >= 15 is 0 Å². The maximum absolute atomic E-state index is 5.85. The molecule has 0 bridgehead atoms. The zero-order valence-electron chi connectivity index (χ0n) is 10.0. The minimum absolute atomic E-state index is 0.178. The normalized spacial score (nSPS) is 13.0. The van der Waals surface area contributed by atoms with Crippen molar-refractivity contribution in [1.29, 1.82) is 0 Å². The van der Waals surface area contributed by atoms with E-state index in [1.807, 2.05) is 13.0 Å². The fraction of sp³-hybridized carbons (Fsp3) is 0.385. The molecule has 0 aliphatic carbocycles. The molecule has 2 rings (SSSR count). The van der Waals surface area contributed by atoms with Gasteiger partial charge in [-0.05, 0) is 37.1 Å². The lowest BCUT2D eigenvalue weighted by Gasteiger charge is -2.04. The summed E-state index contributed by atoms with van der Waals surface area (Å²) in [6.45, 7) is 2.03. The van der Waals surface area contributed by atoms with Crippen molar-refractivity contribution >= 4 is 10.9 Å². The molecule has 1 aromatic heterocycles. The van der Waals surface area contributed by atoms with Crippen molar-refractivity contribution in [1.82, 2.24) is 4.57 Å². The van der Waals surface area contributed by atoms with Gasteiger partial charge >= 0.3 is 0 Å². The molecular weight excluding hydrogens is 200 g/mol. The van der Waals surface area contributed by atoms with Gasteiger partial charge in [0.05, 0.1) is 7.11 Å². The highest BCUT2D eigenvalue weighted by molar-refractivity contribution is 5.85. The molecule has 1 aromatic carbocycles. The van der Waals surface area contributed by atoms with Crippen LogP contribution in [-0.2, 0) is 13.5 Å². The minimum atomic E-state index is 0.178. The third-order valence-electron chi connectivity index (χ3n) is 2.82. The Kier molecular flexibility index (Phi) is 2.88. The molecule has 0 fully saturated rings. The Morgan fingerprint density at radius 3 is 2.81 bits per heavy atom. The van der Waals surface area contributed by atoms with Crippen molar-refractivity contribution in [2.45, 2.75) is 19.4 Å². The first kappa shape index (κ1) is 11.0. The van der Waals surface area contributed by atoms with Crippen LogP contribution < -0.4 is 10.5 Å². The second-order valence-electron chi connectivity index (χ2n) is 4.33. The number of ether oxygens (including phenoxy) is 1. The monoisotopic (exact) mass is 218 g/mol. The Morgan fingerprint density at radius 2 is 2.19 bits per heavy atom. The van der Waals surface area contributed by atoms with Gasteiger partial charge in [-0.3, -0.25) is 0 Å². The minimum Gasteiger partial charge on any atom is -0.497 e. The molecule has 0 saturated heterocycles. The SMILES string of the molecule is COc1ccc2c(c1)c(C[C@H](C)N)cn2C. The van der Waals surface area contributed by atoms with Gasteiger partial charge in [-0.15, -0.1) is 0 Å². The van der Waals surface area contributed by atoms with Crippen molar-refractivity contribution in [2.75, 3.05) is 7.11 Å². The number of nitrogens with zero attached hydrogens (tertiary/aromatic N) is 1. The van der Waals surface area contributed by atoms with Crippen LogP contribution in [0.1, 0.15) is 12.5 Å². The standard InChI is InChI=1S/C13H18N2O/c1-9(14)6-10-8-15(2)13-5-4-11(16-3)7-12(10)13/h4-5,7-9H,6,14H2,1-3H3/t9-/m0/s1. The van der Waals surface area contributed by atoms with Crippen molar-refractivity contribution in [3.8, 4) is 5.75 Å². The molecule has 3 heteroatoms. The third-order valence-corrected chi connectivity index (χ3v) is 2.82. The first-order chi connectivity index (χ1) is 7.61. The Bertz CT molecular complexity index is 500.